The van der Waals surface area contributed by atoms with Crippen molar-refractivity contribution in [3.05, 3.63) is 90.5 Å². The summed E-state index contributed by atoms with van der Waals surface area (Å²) in [5, 5.41) is 7.57. The standard InChI is InChI=1S/C25H28O2.C2H6O.C2H6/c1-2-9-24(17-14-21-10-5-3-6-11-21)26-20-27-25-18-15-23(16-19-25)22-12-7-4-8-13-22;1-2-3;1-2/h3-8,10-13,15-16,18-19,24H,2,9,14,17,20H2,1H3;3H,2H2,1H3;1-2H3. The zero-order valence-electron chi connectivity index (χ0n) is 20.2. The Balaban J connectivity index is 0.000000944. The molecule has 1 N–H and O–H groups in total. The second kappa shape index (κ2) is 18.0. The van der Waals surface area contributed by atoms with E-state index in [1.165, 1.54) is 16.7 Å². The van der Waals surface area contributed by atoms with Gasteiger partial charge in [-0.05, 0) is 55.0 Å². The number of ether oxygens (including phenoxy) is 2. The molecule has 1 unspecified atom stereocenters. The molecule has 0 aliphatic heterocycles. The second-order valence-electron chi connectivity index (χ2n) is 7.07. The molecule has 0 saturated heterocycles. The lowest BCUT2D eigenvalue weighted by atomic mass is 10.0. The van der Waals surface area contributed by atoms with E-state index >= 15 is 0 Å². The van der Waals surface area contributed by atoms with E-state index in [9.17, 15) is 0 Å². The van der Waals surface area contributed by atoms with Crippen LogP contribution in [0.3, 0.4) is 0 Å². The number of benzene rings is 3. The smallest absolute Gasteiger partial charge is 0.189 e. The van der Waals surface area contributed by atoms with Crippen molar-refractivity contribution in [1.82, 2.24) is 0 Å². The first-order chi connectivity index (χ1) is 15.8. The molecule has 3 aromatic rings. The highest BCUT2D eigenvalue weighted by Gasteiger charge is 2.09. The Hall–Kier alpha value is -2.62. The molecule has 3 heteroatoms. The summed E-state index contributed by atoms with van der Waals surface area (Å²) in [5.41, 5.74) is 3.76. The van der Waals surface area contributed by atoms with Crippen LogP contribution in [0.25, 0.3) is 11.1 Å². The van der Waals surface area contributed by atoms with Gasteiger partial charge in [0.1, 0.15) is 5.75 Å². The van der Waals surface area contributed by atoms with Crippen molar-refractivity contribution in [2.45, 2.75) is 59.5 Å². The minimum atomic E-state index is 0.235. The first-order valence-corrected chi connectivity index (χ1v) is 11.8. The normalized spacial score (nSPS) is 10.8. The van der Waals surface area contributed by atoms with Crippen LogP contribution in [-0.4, -0.2) is 24.6 Å². The van der Waals surface area contributed by atoms with Crippen molar-refractivity contribution in [2.75, 3.05) is 13.4 Å². The van der Waals surface area contributed by atoms with Crippen molar-refractivity contribution in [3.8, 4) is 16.9 Å². The van der Waals surface area contributed by atoms with E-state index in [-0.39, 0.29) is 12.7 Å². The molecule has 3 nitrogen and oxygen atoms in total. The van der Waals surface area contributed by atoms with Gasteiger partial charge in [0.05, 0.1) is 6.10 Å². The van der Waals surface area contributed by atoms with Crippen LogP contribution in [0.2, 0.25) is 0 Å². The third kappa shape index (κ3) is 11.1. The van der Waals surface area contributed by atoms with Gasteiger partial charge in [-0.25, -0.2) is 0 Å². The quantitative estimate of drug-likeness (QED) is 0.334. The Kier molecular flexibility index (Phi) is 15.4. The topological polar surface area (TPSA) is 38.7 Å². The first-order valence-electron chi connectivity index (χ1n) is 11.8. The highest BCUT2D eigenvalue weighted by Crippen LogP contribution is 2.22. The summed E-state index contributed by atoms with van der Waals surface area (Å²) in [4.78, 5) is 0. The number of rotatable bonds is 10. The molecule has 0 saturated carbocycles. The average molecular weight is 437 g/mol. The molecule has 0 heterocycles. The summed E-state index contributed by atoms with van der Waals surface area (Å²) < 4.78 is 11.8. The van der Waals surface area contributed by atoms with Gasteiger partial charge in [0.15, 0.2) is 6.79 Å². The highest BCUT2D eigenvalue weighted by molar-refractivity contribution is 5.63. The van der Waals surface area contributed by atoms with Crippen LogP contribution in [0.5, 0.6) is 5.75 Å². The van der Waals surface area contributed by atoms with E-state index in [2.05, 4.69) is 73.7 Å². The highest BCUT2D eigenvalue weighted by atomic mass is 16.7. The lowest BCUT2D eigenvalue weighted by Gasteiger charge is -2.18. The molecule has 0 aliphatic rings. The zero-order valence-corrected chi connectivity index (χ0v) is 20.2. The van der Waals surface area contributed by atoms with Gasteiger partial charge in [0.2, 0.25) is 0 Å². The van der Waals surface area contributed by atoms with Crippen LogP contribution in [0.15, 0.2) is 84.9 Å². The molecule has 32 heavy (non-hydrogen) atoms. The van der Waals surface area contributed by atoms with Gasteiger partial charge in [0, 0.05) is 6.61 Å². The van der Waals surface area contributed by atoms with E-state index in [1.54, 1.807) is 6.92 Å². The van der Waals surface area contributed by atoms with Crippen molar-refractivity contribution in [3.63, 3.8) is 0 Å². The minimum absolute atomic E-state index is 0.235. The Labute approximate surface area is 195 Å². The van der Waals surface area contributed by atoms with Gasteiger partial charge in [0.25, 0.3) is 0 Å². The minimum Gasteiger partial charge on any atom is -0.468 e. The summed E-state index contributed by atoms with van der Waals surface area (Å²) in [7, 11) is 0. The molecule has 1 atom stereocenters. The molecule has 174 valence electrons. The Morgan fingerprint density at radius 3 is 1.81 bits per heavy atom. The monoisotopic (exact) mass is 436 g/mol. The summed E-state index contributed by atoms with van der Waals surface area (Å²) in [6, 6.07) is 29.1. The van der Waals surface area contributed by atoms with Crippen molar-refractivity contribution < 1.29 is 14.6 Å². The predicted octanol–water partition coefficient (Wildman–Crippen LogP) is 7.53. The number of aliphatic hydroxyl groups excluding tert-OH is 1. The molecule has 0 radical (unpaired) electrons. The number of aryl methyl sites for hydroxylation is 1. The van der Waals surface area contributed by atoms with E-state index in [1.807, 2.05) is 32.0 Å². The molecule has 0 amide bonds. The summed E-state index contributed by atoms with van der Waals surface area (Å²) in [6.07, 6.45) is 4.47. The van der Waals surface area contributed by atoms with Gasteiger partial charge in [-0.15, -0.1) is 0 Å². The van der Waals surface area contributed by atoms with Gasteiger partial charge >= 0.3 is 0 Å². The van der Waals surface area contributed by atoms with Crippen LogP contribution in [-0.2, 0) is 11.2 Å². The van der Waals surface area contributed by atoms with Crippen molar-refractivity contribution in [2.24, 2.45) is 0 Å². The van der Waals surface area contributed by atoms with Gasteiger partial charge in [-0.2, -0.15) is 0 Å². The summed E-state index contributed by atoms with van der Waals surface area (Å²) >= 11 is 0. The summed E-state index contributed by atoms with van der Waals surface area (Å²) in [5.74, 6) is 0.841. The van der Waals surface area contributed by atoms with Crippen molar-refractivity contribution in [1.29, 1.82) is 0 Å². The number of hydrogen-bond acceptors (Lipinski definition) is 3. The Morgan fingerprint density at radius 1 is 0.719 bits per heavy atom. The Bertz CT molecular complexity index is 786. The lowest BCUT2D eigenvalue weighted by molar-refractivity contribution is -0.0424. The van der Waals surface area contributed by atoms with Gasteiger partial charge in [-0.1, -0.05) is 100.0 Å². The summed E-state index contributed by atoms with van der Waals surface area (Å²) in [6.45, 7) is 8.42. The largest absolute Gasteiger partial charge is 0.468 e. The van der Waals surface area contributed by atoms with Crippen LogP contribution in [0.4, 0.5) is 0 Å². The number of aliphatic hydroxyl groups is 1. The van der Waals surface area contributed by atoms with Crippen LogP contribution in [0, 0.1) is 0 Å². The molecule has 0 aromatic heterocycles. The maximum Gasteiger partial charge on any atom is 0.189 e. The van der Waals surface area contributed by atoms with E-state index < -0.39 is 0 Å². The second-order valence-corrected chi connectivity index (χ2v) is 7.07. The average Bonchev–Trinajstić information content (AvgIpc) is 2.86. The van der Waals surface area contributed by atoms with E-state index in [4.69, 9.17) is 14.6 Å². The predicted molar refractivity (Wildman–Crippen MR) is 136 cm³/mol. The van der Waals surface area contributed by atoms with E-state index in [0.717, 1.165) is 31.4 Å². The first kappa shape index (κ1) is 27.4. The SMILES string of the molecule is CC.CCCC(CCc1ccccc1)OCOc1ccc(-c2ccccc2)cc1.CCO. The molecular formula is C29H40O3. The lowest BCUT2D eigenvalue weighted by Crippen LogP contribution is -2.17. The van der Waals surface area contributed by atoms with Crippen LogP contribution < -0.4 is 4.74 Å². The molecule has 0 spiro atoms. The zero-order chi connectivity index (χ0) is 23.4. The Morgan fingerprint density at radius 2 is 1.25 bits per heavy atom. The molecule has 0 aliphatic carbocycles. The molecule has 3 aromatic carbocycles. The molecule has 0 fully saturated rings. The van der Waals surface area contributed by atoms with Gasteiger partial charge < -0.3 is 14.6 Å². The fourth-order valence-corrected chi connectivity index (χ4v) is 3.18. The van der Waals surface area contributed by atoms with Crippen molar-refractivity contribution >= 4 is 0 Å². The van der Waals surface area contributed by atoms with E-state index in [0.29, 0.717) is 6.79 Å². The molecule has 3 rings (SSSR count). The van der Waals surface area contributed by atoms with Crippen LogP contribution in [0.1, 0.15) is 52.5 Å². The maximum absolute atomic E-state index is 7.57. The fraction of sp³-hybridized carbons (Fsp3) is 0.379. The van der Waals surface area contributed by atoms with Gasteiger partial charge in [-0.3, -0.25) is 0 Å². The van der Waals surface area contributed by atoms with Crippen LogP contribution >= 0.6 is 0 Å². The third-order valence-corrected chi connectivity index (χ3v) is 4.70. The fourth-order valence-electron chi connectivity index (χ4n) is 3.18. The number of hydrogen-bond donors (Lipinski definition) is 1. The molecule has 0 bridgehead atoms. The third-order valence-electron chi connectivity index (χ3n) is 4.70. The molecular weight excluding hydrogens is 396 g/mol. The maximum atomic E-state index is 7.57.